The van der Waals surface area contributed by atoms with Crippen molar-refractivity contribution in [3.8, 4) is 16.9 Å². The molecule has 4 rings (SSSR count). The third kappa shape index (κ3) is 1.96. The highest BCUT2D eigenvalue weighted by atomic mass is 16.5. The van der Waals surface area contributed by atoms with Crippen molar-refractivity contribution in [2.24, 2.45) is 0 Å². The third-order valence-corrected chi connectivity index (χ3v) is 3.92. The normalized spacial score (nSPS) is 11.1. The zero-order chi connectivity index (χ0) is 14.2. The van der Waals surface area contributed by atoms with Gasteiger partial charge in [0.2, 0.25) is 0 Å². The molecule has 2 heteroatoms. The Labute approximate surface area is 123 Å². The number of benzene rings is 2. The number of rotatable bonds is 2. The average Bonchev–Trinajstić information content (AvgIpc) is 2.99. The molecular weight excluding hydrogens is 258 g/mol. The lowest BCUT2D eigenvalue weighted by Gasteiger charge is -2.00. The van der Waals surface area contributed by atoms with Crippen LogP contribution in [0.1, 0.15) is 0 Å². The topological polar surface area (TPSA) is 13.6 Å². The summed E-state index contributed by atoms with van der Waals surface area (Å²) >= 11 is 0. The molecule has 0 saturated carbocycles. The van der Waals surface area contributed by atoms with E-state index in [-0.39, 0.29) is 0 Å². The monoisotopic (exact) mass is 273 g/mol. The van der Waals surface area contributed by atoms with Crippen LogP contribution in [0.3, 0.4) is 0 Å². The highest BCUT2D eigenvalue weighted by Gasteiger charge is 2.05. The van der Waals surface area contributed by atoms with Crippen LogP contribution in [0.25, 0.3) is 27.4 Å². The van der Waals surface area contributed by atoms with Crippen LogP contribution in [0, 0.1) is 0 Å². The highest BCUT2D eigenvalue weighted by molar-refractivity contribution is 5.97. The van der Waals surface area contributed by atoms with E-state index in [0.29, 0.717) is 0 Å². The molecule has 2 heterocycles. The zero-order valence-corrected chi connectivity index (χ0v) is 11.8. The van der Waals surface area contributed by atoms with Crippen molar-refractivity contribution < 1.29 is 4.74 Å². The first-order valence-electron chi connectivity index (χ1n) is 6.99. The lowest BCUT2D eigenvalue weighted by atomic mass is 10.1. The minimum Gasteiger partial charge on any atom is -0.497 e. The molecule has 2 aromatic heterocycles. The molecule has 0 bridgehead atoms. The fraction of sp³-hybridized carbons (Fsp3) is 0.0526. The van der Waals surface area contributed by atoms with Gasteiger partial charge in [0.15, 0.2) is 0 Å². The second kappa shape index (κ2) is 4.67. The SMILES string of the molecule is COc1ccc(-c2cc3c4ccccc4ccn3c2)cc1. The van der Waals surface area contributed by atoms with Gasteiger partial charge in [-0.15, -0.1) is 0 Å². The Hall–Kier alpha value is -2.74. The molecular formula is C19H15NO. The molecule has 0 N–H and O–H groups in total. The zero-order valence-electron chi connectivity index (χ0n) is 11.8. The number of hydrogen-bond donors (Lipinski definition) is 0. The molecule has 0 atom stereocenters. The van der Waals surface area contributed by atoms with E-state index < -0.39 is 0 Å². The number of hydrogen-bond acceptors (Lipinski definition) is 1. The molecule has 2 aromatic carbocycles. The van der Waals surface area contributed by atoms with Gasteiger partial charge in [0.05, 0.1) is 12.6 Å². The van der Waals surface area contributed by atoms with Gasteiger partial charge in [-0.1, -0.05) is 36.4 Å². The van der Waals surface area contributed by atoms with Crippen LogP contribution in [0.2, 0.25) is 0 Å². The predicted molar refractivity (Wildman–Crippen MR) is 86.9 cm³/mol. The molecule has 0 unspecified atom stereocenters. The fourth-order valence-corrected chi connectivity index (χ4v) is 2.80. The van der Waals surface area contributed by atoms with Gasteiger partial charge in [-0.2, -0.15) is 0 Å². The first-order chi connectivity index (χ1) is 10.3. The molecule has 21 heavy (non-hydrogen) atoms. The Morgan fingerprint density at radius 1 is 0.857 bits per heavy atom. The van der Waals surface area contributed by atoms with Gasteiger partial charge < -0.3 is 9.14 Å². The first kappa shape index (κ1) is 12.0. The molecule has 102 valence electrons. The summed E-state index contributed by atoms with van der Waals surface area (Å²) in [7, 11) is 1.69. The Morgan fingerprint density at radius 2 is 1.67 bits per heavy atom. The summed E-state index contributed by atoms with van der Waals surface area (Å²) < 4.78 is 7.40. The van der Waals surface area contributed by atoms with E-state index in [2.05, 4.69) is 65.3 Å². The van der Waals surface area contributed by atoms with E-state index in [1.807, 2.05) is 12.1 Å². The lowest BCUT2D eigenvalue weighted by molar-refractivity contribution is 0.415. The van der Waals surface area contributed by atoms with Crippen molar-refractivity contribution in [1.82, 2.24) is 4.40 Å². The molecule has 4 aromatic rings. The van der Waals surface area contributed by atoms with Crippen molar-refractivity contribution in [2.75, 3.05) is 7.11 Å². The number of pyridine rings is 1. The molecule has 0 saturated heterocycles. The van der Waals surface area contributed by atoms with Crippen molar-refractivity contribution in [3.63, 3.8) is 0 Å². The maximum absolute atomic E-state index is 5.22. The van der Waals surface area contributed by atoms with E-state index in [0.717, 1.165) is 5.75 Å². The molecule has 0 aliphatic rings. The van der Waals surface area contributed by atoms with E-state index >= 15 is 0 Å². The van der Waals surface area contributed by atoms with Gasteiger partial charge in [-0.3, -0.25) is 0 Å². The van der Waals surface area contributed by atoms with Crippen LogP contribution >= 0.6 is 0 Å². The van der Waals surface area contributed by atoms with Gasteiger partial charge in [0.25, 0.3) is 0 Å². The highest BCUT2D eigenvalue weighted by Crippen LogP contribution is 2.28. The van der Waals surface area contributed by atoms with Gasteiger partial charge in [0, 0.05) is 23.3 Å². The number of nitrogens with zero attached hydrogens (tertiary/aromatic N) is 1. The summed E-state index contributed by atoms with van der Waals surface area (Å²) in [5, 5.41) is 2.55. The molecule has 0 spiro atoms. The van der Waals surface area contributed by atoms with E-state index in [9.17, 15) is 0 Å². The third-order valence-electron chi connectivity index (χ3n) is 3.92. The van der Waals surface area contributed by atoms with Crippen molar-refractivity contribution in [1.29, 1.82) is 0 Å². The number of methoxy groups -OCH3 is 1. The van der Waals surface area contributed by atoms with E-state index in [4.69, 9.17) is 4.74 Å². The van der Waals surface area contributed by atoms with Gasteiger partial charge in [0.1, 0.15) is 5.75 Å². The largest absolute Gasteiger partial charge is 0.497 e. The number of ether oxygens (including phenoxy) is 1. The van der Waals surface area contributed by atoms with Crippen LogP contribution in [0.5, 0.6) is 5.75 Å². The molecule has 0 aliphatic heterocycles. The Kier molecular flexibility index (Phi) is 2.68. The minimum absolute atomic E-state index is 0.882. The van der Waals surface area contributed by atoms with Crippen molar-refractivity contribution >= 4 is 16.3 Å². The molecule has 0 fully saturated rings. The summed E-state index contributed by atoms with van der Waals surface area (Å²) in [5.74, 6) is 0.882. The fourth-order valence-electron chi connectivity index (χ4n) is 2.80. The van der Waals surface area contributed by atoms with Crippen molar-refractivity contribution in [3.05, 3.63) is 73.1 Å². The summed E-state index contributed by atoms with van der Waals surface area (Å²) in [6.07, 6.45) is 4.29. The van der Waals surface area contributed by atoms with Gasteiger partial charge in [-0.25, -0.2) is 0 Å². The van der Waals surface area contributed by atoms with E-state index in [1.54, 1.807) is 7.11 Å². The summed E-state index contributed by atoms with van der Waals surface area (Å²) in [6.45, 7) is 0. The Bertz CT molecular complexity index is 919. The quantitative estimate of drug-likeness (QED) is 0.513. The lowest BCUT2D eigenvalue weighted by Crippen LogP contribution is -1.82. The smallest absolute Gasteiger partial charge is 0.118 e. The Morgan fingerprint density at radius 3 is 2.48 bits per heavy atom. The molecule has 0 radical (unpaired) electrons. The van der Waals surface area contributed by atoms with E-state index in [1.165, 1.54) is 27.4 Å². The number of fused-ring (bicyclic) bond motifs is 3. The van der Waals surface area contributed by atoms with Crippen LogP contribution < -0.4 is 4.74 Å². The second-order valence-corrected chi connectivity index (χ2v) is 5.15. The summed E-state index contributed by atoms with van der Waals surface area (Å²) in [4.78, 5) is 0. The predicted octanol–water partition coefficient (Wildman–Crippen LogP) is 4.77. The molecule has 0 aliphatic carbocycles. The molecule has 2 nitrogen and oxygen atoms in total. The average molecular weight is 273 g/mol. The second-order valence-electron chi connectivity index (χ2n) is 5.15. The summed E-state index contributed by atoms with van der Waals surface area (Å²) in [5.41, 5.74) is 3.65. The van der Waals surface area contributed by atoms with Crippen LogP contribution in [-0.4, -0.2) is 11.5 Å². The van der Waals surface area contributed by atoms with Crippen LogP contribution in [0.4, 0.5) is 0 Å². The van der Waals surface area contributed by atoms with Crippen molar-refractivity contribution in [2.45, 2.75) is 0 Å². The molecule has 0 amide bonds. The maximum Gasteiger partial charge on any atom is 0.118 e. The number of aromatic nitrogens is 1. The first-order valence-corrected chi connectivity index (χ1v) is 6.99. The van der Waals surface area contributed by atoms with Gasteiger partial charge >= 0.3 is 0 Å². The van der Waals surface area contributed by atoms with Crippen LogP contribution in [-0.2, 0) is 0 Å². The summed E-state index contributed by atoms with van der Waals surface area (Å²) in [6, 6.07) is 21.0. The minimum atomic E-state index is 0.882. The van der Waals surface area contributed by atoms with Gasteiger partial charge in [-0.05, 0) is 35.2 Å². The Balaban J connectivity index is 1.91. The van der Waals surface area contributed by atoms with Crippen LogP contribution in [0.15, 0.2) is 73.1 Å². The standard InChI is InChI=1S/C19H15NO/c1-21-17-8-6-14(7-9-17)16-12-19-18-5-3-2-4-15(18)10-11-20(19)13-16/h2-13H,1H3. The maximum atomic E-state index is 5.22.